The summed E-state index contributed by atoms with van der Waals surface area (Å²) in [6.45, 7) is 6.83. The average Bonchev–Trinajstić information content (AvgIpc) is 3.14. The number of fused-ring (bicyclic) bond motifs is 4. The molecule has 36 heavy (non-hydrogen) atoms. The van der Waals surface area contributed by atoms with Crippen molar-refractivity contribution >= 4 is 5.84 Å². The molecular formula is C31H36N4O. The molecule has 0 spiro atoms. The lowest BCUT2D eigenvalue weighted by Crippen LogP contribution is -2.44. The van der Waals surface area contributed by atoms with Crippen molar-refractivity contribution in [1.82, 2.24) is 14.8 Å². The fourth-order valence-corrected chi connectivity index (χ4v) is 6.90. The molecule has 1 aromatic heterocycles. The van der Waals surface area contributed by atoms with Crippen molar-refractivity contribution in [3.05, 3.63) is 89.2 Å². The Morgan fingerprint density at radius 1 is 0.944 bits per heavy atom. The third-order valence-corrected chi connectivity index (χ3v) is 8.64. The van der Waals surface area contributed by atoms with Crippen molar-refractivity contribution in [2.24, 2.45) is 5.92 Å². The molecule has 0 saturated carbocycles. The van der Waals surface area contributed by atoms with Gasteiger partial charge in [0.15, 0.2) is 0 Å². The van der Waals surface area contributed by atoms with E-state index in [1.54, 1.807) is 0 Å². The quantitative estimate of drug-likeness (QED) is 0.326. The summed E-state index contributed by atoms with van der Waals surface area (Å²) in [6.07, 6.45) is 6.89. The Bertz CT molecular complexity index is 1220. The summed E-state index contributed by atoms with van der Waals surface area (Å²) in [6, 6.07) is 22.6. The van der Waals surface area contributed by atoms with Gasteiger partial charge in [-0.3, -0.25) is 15.3 Å². The zero-order valence-corrected chi connectivity index (χ0v) is 21.4. The van der Waals surface area contributed by atoms with E-state index >= 15 is 0 Å². The molecule has 1 N–H and O–H groups in total. The van der Waals surface area contributed by atoms with Crippen molar-refractivity contribution in [2.75, 3.05) is 13.1 Å². The van der Waals surface area contributed by atoms with E-state index in [0.29, 0.717) is 29.8 Å². The largest absolute Gasteiger partial charge is 0.457 e. The first-order valence-corrected chi connectivity index (χ1v) is 13.6. The molecule has 5 nitrogen and oxygen atoms in total. The maximum absolute atomic E-state index is 8.73. The second-order valence-corrected chi connectivity index (χ2v) is 10.5. The van der Waals surface area contributed by atoms with E-state index in [1.807, 2.05) is 12.3 Å². The van der Waals surface area contributed by atoms with E-state index in [2.05, 4.69) is 83.2 Å². The maximum Gasteiger partial charge on any atom is 0.132 e. The van der Waals surface area contributed by atoms with E-state index in [9.17, 15) is 0 Å². The molecule has 6 rings (SSSR count). The standard InChI is InChI=1S/C31H36N4O/c1-3-34(4-2)31(32)21-12-15-27-29(19-21)36-28-11-6-5-10-26(28)30(27)22-17-24-13-14-25(18-22)35(24)20-23-9-7-8-16-33-23/h5-12,15-16,19,22,24-25,30,32H,3-4,13-14,17-18,20H2,1-2H3. The number of nitrogens with zero attached hydrogens (tertiary/aromatic N) is 3. The van der Waals surface area contributed by atoms with Gasteiger partial charge in [-0.1, -0.05) is 36.4 Å². The van der Waals surface area contributed by atoms with Crippen LogP contribution >= 0.6 is 0 Å². The van der Waals surface area contributed by atoms with Gasteiger partial charge in [0, 0.05) is 60.5 Å². The number of hydrogen-bond donors (Lipinski definition) is 1. The molecule has 3 aliphatic rings. The summed E-state index contributed by atoms with van der Waals surface area (Å²) in [5, 5.41) is 8.73. The zero-order chi connectivity index (χ0) is 24.6. The molecule has 2 saturated heterocycles. The highest BCUT2D eigenvalue weighted by Gasteiger charge is 2.45. The summed E-state index contributed by atoms with van der Waals surface area (Å²) >= 11 is 0. The fourth-order valence-electron chi connectivity index (χ4n) is 6.90. The molecule has 0 amide bonds. The minimum absolute atomic E-state index is 0.335. The Hall–Kier alpha value is -3.18. The van der Waals surface area contributed by atoms with Crippen molar-refractivity contribution in [1.29, 1.82) is 5.41 Å². The van der Waals surface area contributed by atoms with E-state index in [4.69, 9.17) is 10.1 Å². The van der Waals surface area contributed by atoms with Crippen molar-refractivity contribution in [3.63, 3.8) is 0 Å². The Morgan fingerprint density at radius 2 is 1.67 bits per heavy atom. The SMILES string of the molecule is CCN(CC)C(=N)c1ccc2c(c1)Oc1ccccc1C2C1CC2CCC(C1)N2Cc1ccccn1. The molecule has 3 atom stereocenters. The third kappa shape index (κ3) is 4.09. The van der Waals surface area contributed by atoms with Crippen molar-refractivity contribution in [3.8, 4) is 11.5 Å². The monoisotopic (exact) mass is 480 g/mol. The summed E-state index contributed by atoms with van der Waals surface area (Å²) in [5.41, 5.74) is 4.71. The minimum atomic E-state index is 0.335. The molecule has 3 unspecified atom stereocenters. The predicted molar refractivity (Wildman–Crippen MR) is 144 cm³/mol. The number of para-hydroxylation sites is 1. The van der Waals surface area contributed by atoms with Gasteiger partial charge in [0.25, 0.3) is 0 Å². The number of rotatable bonds is 6. The zero-order valence-electron chi connectivity index (χ0n) is 21.4. The van der Waals surface area contributed by atoms with Gasteiger partial charge in [-0.05, 0) is 69.7 Å². The lowest BCUT2D eigenvalue weighted by Gasteiger charge is -2.43. The van der Waals surface area contributed by atoms with Crippen LogP contribution < -0.4 is 4.74 Å². The Kier molecular flexibility index (Phi) is 6.26. The highest BCUT2D eigenvalue weighted by molar-refractivity contribution is 5.97. The van der Waals surface area contributed by atoms with Gasteiger partial charge in [-0.15, -0.1) is 0 Å². The van der Waals surface area contributed by atoms with Crippen molar-refractivity contribution < 1.29 is 4.74 Å². The average molecular weight is 481 g/mol. The molecular weight excluding hydrogens is 444 g/mol. The first-order chi connectivity index (χ1) is 17.7. The van der Waals surface area contributed by atoms with E-state index < -0.39 is 0 Å². The Labute approximate surface area is 214 Å². The molecule has 3 aromatic rings. The van der Waals surface area contributed by atoms with Gasteiger partial charge in [0.2, 0.25) is 0 Å². The molecule has 0 aliphatic carbocycles. The van der Waals surface area contributed by atoms with Gasteiger partial charge >= 0.3 is 0 Å². The van der Waals surface area contributed by atoms with Crippen LogP contribution in [0.3, 0.4) is 0 Å². The van der Waals surface area contributed by atoms with Crippen LogP contribution in [-0.4, -0.2) is 45.8 Å². The van der Waals surface area contributed by atoms with Crippen molar-refractivity contribution in [2.45, 2.75) is 64.1 Å². The summed E-state index contributed by atoms with van der Waals surface area (Å²) < 4.78 is 6.47. The number of amidine groups is 1. The van der Waals surface area contributed by atoms with Gasteiger partial charge < -0.3 is 9.64 Å². The van der Waals surface area contributed by atoms with E-state index in [-0.39, 0.29) is 0 Å². The lowest BCUT2D eigenvalue weighted by atomic mass is 9.72. The van der Waals surface area contributed by atoms with Crippen LogP contribution in [0.5, 0.6) is 11.5 Å². The van der Waals surface area contributed by atoms with E-state index in [0.717, 1.165) is 36.7 Å². The number of aromatic nitrogens is 1. The fraction of sp³-hybridized carbons (Fsp3) is 0.419. The number of ether oxygens (including phenoxy) is 1. The number of pyridine rings is 1. The highest BCUT2D eigenvalue weighted by Crippen LogP contribution is 2.53. The van der Waals surface area contributed by atoms with Gasteiger partial charge in [-0.25, -0.2) is 0 Å². The Balaban J connectivity index is 1.31. The highest BCUT2D eigenvalue weighted by atomic mass is 16.5. The predicted octanol–water partition coefficient (Wildman–Crippen LogP) is 6.43. The van der Waals surface area contributed by atoms with E-state index in [1.165, 1.54) is 42.5 Å². The van der Waals surface area contributed by atoms with Crippen LogP contribution in [0.4, 0.5) is 0 Å². The van der Waals surface area contributed by atoms with Gasteiger partial charge in [-0.2, -0.15) is 0 Å². The summed E-state index contributed by atoms with van der Waals surface area (Å²) in [5.74, 6) is 3.39. The minimum Gasteiger partial charge on any atom is -0.457 e. The van der Waals surface area contributed by atoms with Crippen LogP contribution in [0, 0.1) is 11.3 Å². The second kappa shape index (κ2) is 9.70. The van der Waals surface area contributed by atoms with Gasteiger partial charge in [0.05, 0.1) is 5.69 Å². The number of hydrogen-bond acceptors (Lipinski definition) is 4. The number of benzene rings is 2. The maximum atomic E-state index is 8.73. The molecule has 4 heterocycles. The molecule has 2 aromatic carbocycles. The number of nitrogens with one attached hydrogen (secondary N) is 1. The first kappa shape index (κ1) is 23.2. The summed E-state index contributed by atoms with van der Waals surface area (Å²) in [7, 11) is 0. The smallest absolute Gasteiger partial charge is 0.132 e. The lowest BCUT2D eigenvalue weighted by molar-refractivity contribution is 0.0876. The molecule has 2 fully saturated rings. The second-order valence-electron chi connectivity index (χ2n) is 10.5. The molecule has 186 valence electrons. The summed E-state index contributed by atoms with van der Waals surface area (Å²) in [4.78, 5) is 9.42. The van der Waals surface area contributed by atoms with Crippen LogP contribution in [0.2, 0.25) is 0 Å². The third-order valence-electron chi connectivity index (χ3n) is 8.64. The van der Waals surface area contributed by atoms with Crippen LogP contribution in [0.15, 0.2) is 66.9 Å². The van der Waals surface area contributed by atoms with Gasteiger partial charge in [0.1, 0.15) is 17.3 Å². The molecule has 5 heteroatoms. The topological polar surface area (TPSA) is 52.5 Å². The molecule has 3 aliphatic heterocycles. The Morgan fingerprint density at radius 3 is 2.39 bits per heavy atom. The number of piperidine rings is 1. The molecule has 0 radical (unpaired) electrons. The van der Waals surface area contributed by atoms with Crippen LogP contribution in [0.1, 0.15) is 67.8 Å². The van der Waals surface area contributed by atoms with Crippen LogP contribution in [-0.2, 0) is 6.54 Å². The molecule has 2 bridgehead atoms. The van der Waals surface area contributed by atoms with Crippen LogP contribution in [0.25, 0.3) is 0 Å². The first-order valence-electron chi connectivity index (χ1n) is 13.6. The normalized spacial score (nSPS) is 24.5.